The maximum absolute atomic E-state index is 7.49. The molecule has 0 bridgehead atoms. The fourth-order valence-corrected chi connectivity index (χ4v) is 1.15. The Bertz CT molecular complexity index is 405. The summed E-state index contributed by atoms with van der Waals surface area (Å²) in [7, 11) is 0. The van der Waals surface area contributed by atoms with Crippen molar-refractivity contribution in [2.45, 2.75) is 13.8 Å². The molecule has 0 aliphatic heterocycles. The van der Waals surface area contributed by atoms with Crippen LogP contribution in [0.1, 0.15) is 25.1 Å². The predicted molar refractivity (Wildman–Crippen MR) is 64.0 cm³/mol. The largest absolute Gasteiger partial charge is 0.303 e. The van der Waals surface area contributed by atoms with Crippen LogP contribution in [-0.4, -0.2) is 23.0 Å². The van der Waals surface area contributed by atoms with Gasteiger partial charge < -0.3 is 5.41 Å². The van der Waals surface area contributed by atoms with E-state index in [2.05, 4.69) is 16.6 Å². The summed E-state index contributed by atoms with van der Waals surface area (Å²) in [5.74, 6) is 0. The van der Waals surface area contributed by atoms with Crippen molar-refractivity contribution in [3.05, 3.63) is 42.2 Å². The first kappa shape index (κ1) is 11.3. The summed E-state index contributed by atoms with van der Waals surface area (Å²) < 4.78 is 0. The Morgan fingerprint density at radius 3 is 2.93 bits per heavy atom. The van der Waals surface area contributed by atoms with Crippen molar-refractivity contribution in [1.82, 2.24) is 4.98 Å². The molecule has 0 aromatic carbocycles. The standard InChI is InChI=1S/C12H15N3/c1-4-6-14-10(3)11-5-7-15-12(8-11)9(2)13/h4-5,7-8,13H,1,6H2,2-3H3/b13-9?,14-10-. The Morgan fingerprint density at radius 1 is 1.60 bits per heavy atom. The Kier molecular flexibility index (Phi) is 3.92. The molecule has 0 aliphatic carbocycles. The van der Waals surface area contributed by atoms with Gasteiger partial charge >= 0.3 is 0 Å². The van der Waals surface area contributed by atoms with Gasteiger partial charge in [-0.2, -0.15) is 0 Å². The van der Waals surface area contributed by atoms with E-state index in [0.717, 1.165) is 11.3 Å². The second kappa shape index (κ2) is 5.20. The number of pyridine rings is 1. The third-order valence-electron chi connectivity index (χ3n) is 2.02. The van der Waals surface area contributed by atoms with E-state index in [4.69, 9.17) is 5.41 Å². The molecular formula is C12H15N3. The molecule has 1 N–H and O–H groups in total. The predicted octanol–water partition coefficient (Wildman–Crippen LogP) is 2.46. The van der Waals surface area contributed by atoms with Crippen molar-refractivity contribution in [2.75, 3.05) is 6.54 Å². The van der Waals surface area contributed by atoms with Gasteiger partial charge in [-0.05, 0) is 31.5 Å². The van der Waals surface area contributed by atoms with Crippen molar-refractivity contribution < 1.29 is 0 Å². The minimum atomic E-state index is 0.466. The van der Waals surface area contributed by atoms with Crippen molar-refractivity contribution in [3.8, 4) is 0 Å². The van der Waals surface area contributed by atoms with Crippen molar-refractivity contribution in [3.63, 3.8) is 0 Å². The third kappa shape index (κ3) is 3.13. The van der Waals surface area contributed by atoms with Crippen LogP contribution in [0, 0.1) is 5.41 Å². The lowest BCUT2D eigenvalue weighted by Gasteiger charge is -2.02. The van der Waals surface area contributed by atoms with Crippen LogP contribution in [-0.2, 0) is 0 Å². The van der Waals surface area contributed by atoms with Gasteiger partial charge in [-0.3, -0.25) is 9.98 Å². The molecule has 3 heteroatoms. The van der Waals surface area contributed by atoms with Crippen molar-refractivity contribution >= 4 is 11.4 Å². The molecule has 3 nitrogen and oxygen atoms in total. The molecule has 0 atom stereocenters. The molecule has 1 rings (SSSR count). The van der Waals surface area contributed by atoms with Gasteiger partial charge in [0, 0.05) is 11.9 Å². The van der Waals surface area contributed by atoms with Gasteiger partial charge in [-0.1, -0.05) is 6.08 Å². The number of aliphatic imine (C=N–C) groups is 1. The third-order valence-corrected chi connectivity index (χ3v) is 2.02. The normalized spacial score (nSPS) is 11.2. The summed E-state index contributed by atoms with van der Waals surface area (Å²) in [5.41, 5.74) is 3.11. The van der Waals surface area contributed by atoms with Crippen LogP contribution in [0.15, 0.2) is 36.0 Å². The Labute approximate surface area is 90.1 Å². The first-order valence-electron chi connectivity index (χ1n) is 4.79. The van der Waals surface area contributed by atoms with Gasteiger partial charge in [-0.25, -0.2) is 0 Å². The summed E-state index contributed by atoms with van der Waals surface area (Å²) in [6, 6.07) is 3.78. The minimum Gasteiger partial charge on any atom is -0.303 e. The highest BCUT2D eigenvalue weighted by Gasteiger charge is 2.01. The van der Waals surface area contributed by atoms with Crippen molar-refractivity contribution in [2.24, 2.45) is 4.99 Å². The average Bonchev–Trinajstić information content (AvgIpc) is 2.26. The van der Waals surface area contributed by atoms with E-state index >= 15 is 0 Å². The van der Waals surface area contributed by atoms with Gasteiger partial charge in [0.25, 0.3) is 0 Å². The van der Waals surface area contributed by atoms with E-state index in [1.54, 1.807) is 19.2 Å². The maximum atomic E-state index is 7.49. The lowest BCUT2D eigenvalue weighted by atomic mass is 10.1. The maximum Gasteiger partial charge on any atom is 0.0840 e. The van der Waals surface area contributed by atoms with Crippen molar-refractivity contribution in [1.29, 1.82) is 5.41 Å². The molecule has 1 heterocycles. The van der Waals surface area contributed by atoms with E-state index in [1.165, 1.54) is 0 Å². The number of aromatic nitrogens is 1. The van der Waals surface area contributed by atoms with Gasteiger partial charge in [0.1, 0.15) is 0 Å². The molecule has 1 aromatic heterocycles. The molecule has 0 amide bonds. The fraction of sp³-hybridized carbons (Fsp3) is 0.250. The lowest BCUT2D eigenvalue weighted by molar-refractivity contribution is 1.22. The molecule has 0 radical (unpaired) electrons. The van der Waals surface area contributed by atoms with Gasteiger partial charge in [0.2, 0.25) is 0 Å². The SMILES string of the molecule is C=CC/N=C(/C)c1ccnc(C(C)=N)c1. The second-order valence-electron chi connectivity index (χ2n) is 3.27. The van der Waals surface area contributed by atoms with E-state index in [1.807, 2.05) is 19.1 Å². The topological polar surface area (TPSA) is 49.1 Å². The molecule has 0 fully saturated rings. The number of hydrogen-bond acceptors (Lipinski definition) is 3. The summed E-state index contributed by atoms with van der Waals surface area (Å²) in [5, 5.41) is 7.49. The zero-order valence-corrected chi connectivity index (χ0v) is 9.12. The molecular weight excluding hydrogens is 186 g/mol. The summed E-state index contributed by atoms with van der Waals surface area (Å²) in [6.45, 7) is 7.91. The Balaban J connectivity index is 2.99. The van der Waals surface area contributed by atoms with E-state index in [0.29, 0.717) is 18.0 Å². The Morgan fingerprint density at radius 2 is 2.33 bits per heavy atom. The van der Waals surface area contributed by atoms with Gasteiger partial charge in [0.05, 0.1) is 18.0 Å². The van der Waals surface area contributed by atoms with Crippen LogP contribution in [0.5, 0.6) is 0 Å². The number of hydrogen-bond donors (Lipinski definition) is 1. The van der Waals surface area contributed by atoms with Gasteiger partial charge in [0.15, 0.2) is 0 Å². The molecule has 0 spiro atoms. The zero-order valence-electron chi connectivity index (χ0n) is 9.12. The van der Waals surface area contributed by atoms with E-state index < -0.39 is 0 Å². The highest BCUT2D eigenvalue weighted by molar-refractivity contribution is 6.01. The first-order chi connectivity index (χ1) is 7.15. The van der Waals surface area contributed by atoms with Crippen LogP contribution in [0.25, 0.3) is 0 Å². The molecule has 78 valence electrons. The first-order valence-corrected chi connectivity index (χ1v) is 4.79. The molecule has 0 saturated carbocycles. The second-order valence-corrected chi connectivity index (χ2v) is 3.27. The molecule has 1 aromatic rings. The van der Waals surface area contributed by atoms with E-state index in [9.17, 15) is 0 Å². The monoisotopic (exact) mass is 201 g/mol. The van der Waals surface area contributed by atoms with Crippen LogP contribution in [0.3, 0.4) is 0 Å². The van der Waals surface area contributed by atoms with Gasteiger partial charge in [-0.15, -0.1) is 6.58 Å². The summed E-state index contributed by atoms with van der Waals surface area (Å²) >= 11 is 0. The highest BCUT2D eigenvalue weighted by Crippen LogP contribution is 2.04. The number of rotatable bonds is 4. The molecule has 0 unspecified atom stereocenters. The summed E-state index contributed by atoms with van der Waals surface area (Å²) in [6.07, 6.45) is 3.46. The fourth-order valence-electron chi connectivity index (χ4n) is 1.15. The molecule has 0 aliphatic rings. The van der Waals surface area contributed by atoms with Crippen LogP contribution in [0.2, 0.25) is 0 Å². The minimum absolute atomic E-state index is 0.466. The average molecular weight is 201 g/mol. The Hall–Kier alpha value is -1.77. The molecule has 15 heavy (non-hydrogen) atoms. The zero-order chi connectivity index (χ0) is 11.3. The number of nitrogens with zero attached hydrogens (tertiary/aromatic N) is 2. The number of nitrogens with one attached hydrogen (secondary N) is 1. The lowest BCUT2D eigenvalue weighted by Crippen LogP contribution is -2.02. The summed E-state index contributed by atoms with van der Waals surface area (Å²) in [4.78, 5) is 8.42. The quantitative estimate of drug-likeness (QED) is 0.590. The van der Waals surface area contributed by atoms with Crippen LogP contribution >= 0.6 is 0 Å². The van der Waals surface area contributed by atoms with Crippen LogP contribution in [0.4, 0.5) is 0 Å². The van der Waals surface area contributed by atoms with E-state index in [-0.39, 0.29) is 0 Å². The molecule has 0 saturated heterocycles. The smallest absolute Gasteiger partial charge is 0.0840 e. The highest BCUT2D eigenvalue weighted by atomic mass is 14.7. The van der Waals surface area contributed by atoms with Crippen LogP contribution < -0.4 is 0 Å².